The molecule has 120 valence electrons. The van der Waals surface area contributed by atoms with Gasteiger partial charge in [-0.1, -0.05) is 52.3 Å². The Morgan fingerprint density at radius 3 is 2.48 bits per heavy atom. The van der Waals surface area contributed by atoms with Crippen molar-refractivity contribution in [2.45, 2.75) is 19.9 Å². The van der Waals surface area contributed by atoms with E-state index in [0.29, 0.717) is 13.1 Å². The van der Waals surface area contributed by atoms with Crippen LogP contribution in [0.5, 0.6) is 0 Å². The molecule has 0 fully saturated rings. The second kappa shape index (κ2) is 8.48. The average molecular weight is 375 g/mol. The Balaban J connectivity index is 1.89. The summed E-state index contributed by atoms with van der Waals surface area (Å²) in [5.74, 6) is -0.158. The smallest absolute Gasteiger partial charge is 0.223 e. The van der Waals surface area contributed by atoms with E-state index < -0.39 is 0 Å². The van der Waals surface area contributed by atoms with Crippen LogP contribution in [0.2, 0.25) is 0 Å². The molecule has 2 aromatic carbocycles. The molecule has 0 saturated carbocycles. The van der Waals surface area contributed by atoms with E-state index in [2.05, 4.69) is 21.2 Å². The molecule has 0 aliphatic heterocycles. The highest BCUT2D eigenvalue weighted by molar-refractivity contribution is 9.10. The molecular weight excluding hydrogens is 356 g/mol. The molecule has 0 heterocycles. The Bertz CT molecular complexity index is 674. The fraction of sp³-hybridized carbons (Fsp3) is 0.222. The summed E-state index contributed by atoms with van der Waals surface area (Å²) in [6, 6.07) is 17.2. The zero-order chi connectivity index (χ0) is 16.7. The summed E-state index contributed by atoms with van der Waals surface area (Å²) in [7, 11) is 0. The summed E-state index contributed by atoms with van der Waals surface area (Å²) in [4.78, 5) is 25.4. The van der Waals surface area contributed by atoms with Gasteiger partial charge >= 0.3 is 0 Å². The van der Waals surface area contributed by atoms with Crippen LogP contribution in [0.15, 0.2) is 59.1 Å². The number of amides is 2. The van der Waals surface area contributed by atoms with Crippen LogP contribution in [-0.2, 0) is 16.1 Å². The molecule has 4 nitrogen and oxygen atoms in total. The summed E-state index contributed by atoms with van der Waals surface area (Å²) in [5, 5.41) is 2.87. The molecule has 1 N–H and O–H groups in total. The van der Waals surface area contributed by atoms with Crippen molar-refractivity contribution in [3.8, 4) is 0 Å². The molecule has 0 saturated heterocycles. The first-order valence-corrected chi connectivity index (χ1v) is 8.20. The monoisotopic (exact) mass is 374 g/mol. The molecule has 0 bridgehead atoms. The molecule has 2 amide bonds. The van der Waals surface area contributed by atoms with Gasteiger partial charge in [-0.25, -0.2) is 0 Å². The molecule has 0 unspecified atom stereocenters. The van der Waals surface area contributed by atoms with E-state index in [4.69, 9.17) is 0 Å². The lowest BCUT2D eigenvalue weighted by Crippen LogP contribution is -2.33. The molecule has 0 aliphatic rings. The van der Waals surface area contributed by atoms with Gasteiger partial charge in [0.25, 0.3) is 0 Å². The van der Waals surface area contributed by atoms with Crippen LogP contribution < -0.4 is 10.2 Å². The minimum Gasteiger partial charge on any atom is -0.352 e. The van der Waals surface area contributed by atoms with E-state index in [1.54, 1.807) is 4.90 Å². The Morgan fingerprint density at radius 1 is 1.09 bits per heavy atom. The minimum atomic E-state index is -0.0843. The number of hydrogen-bond acceptors (Lipinski definition) is 2. The van der Waals surface area contributed by atoms with Crippen LogP contribution in [0.1, 0.15) is 18.9 Å². The lowest BCUT2D eigenvalue weighted by atomic mass is 10.2. The van der Waals surface area contributed by atoms with Gasteiger partial charge in [0, 0.05) is 36.6 Å². The Kier molecular flexibility index (Phi) is 6.35. The first-order valence-electron chi connectivity index (χ1n) is 7.40. The number of nitrogens with one attached hydrogen (secondary N) is 1. The van der Waals surface area contributed by atoms with Crippen molar-refractivity contribution in [2.75, 3.05) is 11.4 Å². The Labute approximate surface area is 144 Å². The minimum absolute atomic E-state index is 0.0740. The molecule has 2 aromatic rings. The van der Waals surface area contributed by atoms with Crippen LogP contribution in [-0.4, -0.2) is 18.4 Å². The second-order valence-corrected chi connectivity index (χ2v) is 6.08. The number of rotatable bonds is 6. The van der Waals surface area contributed by atoms with E-state index in [1.165, 1.54) is 6.92 Å². The first-order chi connectivity index (χ1) is 11.1. The predicted molar refractivity (Wildman–Crippen MR) is 95.1 cm³/mol. The van der Waals surface area contributed by atoms with Gasteiger partial charge in [-0.15, -0.1) is 0 Å². The molecule has 0 radical (unpaired) electrons. The fourth-order valence-electron chi connectivity index (χ4n) is 2.21. The molecule has 2 rings (SSSR count). The largest absolute Gasteiger partial charge is 0.352 e. The summed E-state index contributed by atoms with van der Waals surface area (Å²) < 4.78 is 0.898. The van der Waals surface area contributed by atoms with Crippen molar-refractivity contribution in [2.24, 2.45) is 0 Å². The van der Waals surface area contributed by atoms with E-state index in [1.807, 2.05) is 54.6 Å². The van der Waals surface area contributed by atoms with Gasteiger partial charge < -0.3 is 10.2 Å². The third-order valence-electron chi connectivity index (χ3n) is 3.39. The van der Waals surface area contributed by atoms with E-state index in [-0.39, 0.29) is 18.2 Å². The van der Waals surface area contributed by atoms with E-state index in [9.17, 15) is 9.59 Å². The van der Waals surface area contributed by atoms with Crippen LogP contribution >= 0.6 is 15.9 Å². The summed E-state index contributed by atoms with van der Waals surface area (Å²) in [5.41, 5.74) is 1.83. The fourth-order valence-corrected chi connectivity index (χ4v) is 2.60. The number of nitrogens with zero attached hydrogens (tertiary/aromatic N) is 1. The molecule has 0 atom stereocenters. The molecule has 0 aromatic heterocycles. The van der Waals surface area contributed by atoms with Crippen molar-refractivity contribution in [3.05, 3.63) is 64.6 Å². The maximum Gasteiger partial charge on any atom is 0.223 e. The second-order valence-electron chi connectivity index (χ2n) is 5.16. The topological polar surface area (TPSA) is 49.4 Å². The highest BCUT2D eigenvalue weighted by Crippen LogP contribution is 2.20. The normalized spacial score (nSPS) is 10.2. The molecule has 23 heavy (non-hydrogen) atoms. The van der Waals surface area contributed by atoms with Gasteiger partial charge in [0.1, 0.15) is 0 Å². The highest BCUT2D eigenvalue weighted by atomic mass is 79.9. The van der Waals surface area contributed by atoms with Crippen molar-refractivity contribution in [1.82, 2.24) is 5.32 Å². The number of anilines is 1. The van der Waals surface area contributed by atoms with Crippen LogP contribution in [0.3, 0.4) is 0 Å². The lowest BCUT2D eigenvalue weighted by molar-refractivity contribution is -0.121. The van der Waals surface area contributed by atoms with Crippen molar-refractivity contribution in [3.63, 3.8) is 0 Å². The maximum atomic E-state index is 12.0. The third kappa shape index (κ3) is 5.53. The Morgan fingerprint density at radius 2 is 1.83 bits per heavy atom. The first kappa shape index (κ1) is 17.2. The summed E-state index contributed by atoms with van der Waals surface area (Å²) in [6.45, 7) is 2.35. The maximum absolute atomic E-state index is 12.0. The lowest BCUT2D eigenvalue weighted by Gasteiger charge is -2.21. The summed E-state index contributed by atoms with van der Waals surface area (Å²) in [6.07, 6.45) is 0.263. The van der Waals surface area contributed by atoms with Gasteiger partial charge in [0.15, 0.2) is 0 Å². The molecule has 0 spiro atoms. The van der Waals surface area contributed by atoms with Crippen LogP contribution in [0, 0.1) is 0 Å². The average Bonchev–Trinajstić information content (AvgIpc) is 2.54. The molecular formula is C18H19BrN2O2. The van der Waals surface area contributed by atoms with E-state index in [0.717, 1.165) is 15.7 Å². The number of benzene rings is 2. The van der Waals surface area contributed by atoms with Crippen molar-refractivity contribution >= 4 is 33.4 Å². The van der Waals surface area contributed by atoms with Gasteiger partial charge in [0.2, 0.25) is 11.8 Å². The summed E-state index contributed by atoms with van der Waals surface area (Å²) >= 11 is 3.39. The number of carbonyl (C=O) groups is 2. The number of halogens is 1. The van der Waals surface area contributed by atoms with Gasteiger partial charge in [-0.2, -0.15) is 0 Å². The van der Waals surface area contributed by atoms with Crippen LogP contribution in [0.4, 0.5) is 5.69 Å². The van der Waals surface area contributed by atoms with Gasteiger partial charge in [-0.3, -0.25) is 9.59 Å². The third-order valence-corrected chi connectivity index (χ3v) is 3.89. The SMILES string of the molecule is CC(=O)N(CCC(=O)NCc1ccccc1)c1cccc(Br)c1. The predicted octanol–water partition coefficient (Wildman–Crippen LogP) is 3.51. The number of hydrogen-bond donors (Lipinski definition) is 1. The molecule has 5 heteroatoms. The van der Waals surface area contributed by atoms with E-state index >= 15 is 0 Å². The number of carbonyl (C=O) groups excluding carboxylic acids is 2. The standard InChI is InChI=1S/C18H19BrN2O2/c1-14(22)21(17-9-5-8-16(19)12-17)11-10-18(23)20-13-15-6-3-2-4-7-15/h2-9,12H,10-11,13H2,1H3,(H,20,23). The van der Waals surface area contributed by atoms with Crippen molar-refractivity contribution < 1.29 is 9.59 Å². The zero-order valence-corrected chi connectivity index (χ0v) is 14.5. The van der Waals surface area contributed by atoms with Gasteiger partial charge in [-0.05, 0) is 23.8 Å². The highest BCUT2D eigenvalue weighted by Gasteiger charge is 2.13. The zero-order valence-electron chi connectivity index (χ0n) is 13.0. The molecule has 0 aliphatic carbocycles. The Hall–Kier alpha value is -2.14. The quantitative estimate of drug-likeness (QED) is 0.840. The van der Waals surface area contributed by atoms with Crippen LogP contribution in [0.25, 0.3) is 0 Å². The van der Waals surface area contributed by atoms with Gasteiger partial charge in [0.05, 0.1) is 0 Å². The van der Waals surface area contributed by atoms with Crippen molar-refractivity contribution in [1.29, 1.82) is 0 Å².